The van der Waals surface area contributed by atoms with Crippen molar-refractivity contribution in [1.82, 2.24) is 14.7 Å². The molecular formula is C18H20F4N4. The molecule has 3 rings (SSSR count). The average Bonchev–Trinajstić information content (AvgIpc) is 3.38. The third kappa shape index (κ3) is 3.45. The zero-order valence-electron chi connectivity index (χ0n) is 14.6. The van der Waals surface area contributed by atoms with E-state index in [4.69, 9.17) is 5.41 Å². The Labute approximate surface area is 148 Å². The van der Waals surface area contributed by atoms with Crippen LogP contribution in [0.25, 0.3) is 0 Å². The van der Waals surface area contributed by atoms with Crippen LogP contribution in [0.5, 0.6) is 0 Å². The van der Waals surface area contributed by atoms with Gasteiger partial charge in [0.1, 0.15) is 22.9 Å². The predicted molar refractivity (Wildman–Crippen MR) is 89.3 cm³/mol. The molecule has 1 aromatic heterocycles. The average molecular weight is 368 g/mol. The van der Waals surface area contributed by atoms with Crippen molar-refractivity contribution >= 4 is 5.84 Å². The van der Waals surface area contributed by atoms with Crippen LogP contribution in [0, 0.1) is 17.2 Å². The van der Waals surface area contributed by atoms with Crippen molar-refractivity contribution in [1.29, 1.82) is 5.41 Å². The van der Waals surface area contributed by atoms with Gasteiger partial charge < -0.3 is 4.90 Å². The van der Waals surface area contributed by atoms with E-state index in [1.807, 2.05) is 6.92 Å². The number of nitrogens with zero attached hydrogens (tertiary/aromatic N) is 3. The number of rotatable bonds is 6. The number of aryl methyl sites for hydroxylation is 2. The summed E-state index contributed by atoms with van der Waals surface area (Å²) >= 11 is 0. The first-order valence-corrected chi connectivity index (χ1v) is 8.46. The number of benzene rings is 1. The molecule has 1 aliphatic carbocycles. The monoisotopic (exact) mass is 368 g/mol. The molecule has 1 N–H and O–H groups in total. The summed E-state index contributed by atoms with van der Waals surface area (Å²) in [5, 5.41) is 11.9. The Kier molecular flexibility index (Phi) is 5.02. The number of amidine groups is 1. The zero-order chi connectivity index (χ0) is 19.0. The highest BCUT2D eigenvalue weighted by atomic mass is 19.3. The van der Waals surface area contributed by atoms with E-state index in [0.29, 0.717) is 12.0 Å². The molecule has 0 aliphatic heterocycles. The van der Waals surface area contributed by atoms with Crippen molar-refractivity contribution in [3.8, 4) is 0 Å². The summed E-state index contributed by atoms with van der Waals surface area (Å²) in [6.45, 7) is 2.10. The van der Waals surface area contributed by atoms with Crippen molar-refractivity contribution in [3.05, 3.63) is 52.3 Å². The minimum Gasteiger partial charge on any atom is -0.349 e. The molecule has 0 amide bonds. The first-order valence-electron chi connectivity index (χ1n) is 8.46. The van der Waals surface area contributed by atoms with E-state index in [1.165, 1.54) is 19.2 Å². The molecule has 0 bridgehead atoms. The second-order valence-corrected chi connectivity index (χ2v) is 6.45. The smallest absolute Gasteiger partial charge is 0.283 e. The van der Waals surface area contributed by atoms with Crippen molar-refractivity contribution in [2.75, 3.05) is 0 Å². The van der Waals surface area contributed by atoms with Crippen LogP contribution in [0.4, 0.5) is 17.6 Å². The van der Waals surface area contributed by atoms with E-state index >= 15 is 0 Å². The lowest BCUT2D eigenvalue weighted by Crippen LogP contribution is -2.34. The Bertz CT molecular complexity index is 827. The highest BCUT2D eigenvalue weighted by molar-refractivity contribution is 5.98. The van der Waals surface area contributed by atoms with Crippen LogP contribution in [0.1, 0.15) is 48.6 Å². The van der Waals surface area contributed by atoms with E-state index < -0.39 is 29.4 Å². The lowest BCUT2D eigenvalue weighted by atomic mass is 10.0. The molecule has 26 heavy (non-hydrogen) atoms. The maximum atomic E-state index is 14.4. The standard InChI is InChI=1S/C18H20F4N4/c1-3-10-4-5-12(19)8-11(10)9-26(13-6-7-13)18(23)14-15(16(20)21)24-25(2)17(14)22/h4-5,8,13,16,23H,3,6-7,9H2,1-2H3. The van der Waals surface area contributed by atoms with E-state index in [-0.39, 0.29) is 18.4 Å². The SMILES string of the molecule is CCc1ccc(F)cc1CN(C(=N)c1c(C(F)F)nn(C)c1F)C1CC1. The molecule has 0 spiro atoms. The summed E-state index contributed by atoms with van der Waals surface area (Å²) in [5.41, 5.74) is 0.358. The minimum absolute atomic E-state index is 0.0411. The number of aromatic nitrogens is 2. The molecule has 1 heterocycles. The van der Waals surface area contributed by atoms with Gasteiger partial charge in [0.2, 0.25) is 5.95 Å². The van der Waals surface area contributed by atoms with Gasteiger partial charge in [-0.2, -0.15) is 9.49 Å². The fourth-order valence-corrected chi connectivity index (χ4v) is 3.09. The molecule has 0 unspecified atom stereocenters. The molecule has 4 nitrogen and oxygen atoms in total. The molecule has 1 aliphatic rings. The normalized spacial score (nSPS) is 14.1. The molecule has 2 aromatic rings. The van der Waals surface area contributed by atoms with E-state index in [2.05, 4.69) is 5.10 Å². The quantitative estimate of drug-likeness (QED) is 0.472. The van der Waals surface area contributed by atoms with Crippen LogP contribution >= 0.6 is 0 Å². The molecule has 8 heteroatoms. The molecule has 140 valence electrons. The van der Waals surface area contributed by atoms with E-state index in [1.54, 1.807) is 11.0 Å². The van der Waals surface area contributed by atoms with E-state index in [0.717, 1.165) is 23.1 Å². The van der Waals surface area contributed by atoms with Gasteiger partial charge >= 0.3 is 0 Å². The van der Waals surface area contributed by atoms with Crippen molar-refractivity contribution in [2.24, 2.45) is 7.05 Å². The molecule has 1 fully saturated rings. The number of nitrogens with one attached hydrogen (secondary N) is 1. The van der Waals surface area contributed by atoms with Gasteiger partial charge in [-0.25, -0.2) is 17.9 Å². The first kappa shape index (κ1) is 18.4. The third-order valence-corrected chi connectivity index (χ3v) is 4.61. The zero-order valence-corrected chi connectivity index (χ0v) is 14.6. The predicted octanol–water partition coefficient (Wildman–Crippen LogP) is 4.19. The molecule has 1 saturated carbocycles. The third-order valence-electron chi connectivity index (χ3n) is 4.61. The van der Waals surface area contributed by atoms with Gasteiger partial charge in [0.25, 0.3) is 6.43 Å². The Hall–Kier alpha value is -2.38. The number of halogens is 4. The second-order valence-electron chi connectivity index (χ2n) is 6.45. The van der Waals surface area contributed by atoms with Crippen LogP contribution in [0.2, 0.25) is 0 Å². The van der Waals surface area contributed by atoms with Gasteiger partial charge in [-0.3, -0.25) is 5.41 Å². The van der Waals surface area contributed by atoms with Gasteiger partial charge in [-0.1, -0.05) is 13.0 Å². The lowest BCUT2D eigenvalue weighted by molar-refractivity contribution is 0.145. The largest absolute Gasteiger partial charge is 0.349 e. The Morgan fingerprint density at radius 3 is 2.58 bits per heavy atom. The van der Waals surface area contributed by atoms with Crippen LogP contribution in [0.3, 0.4) is 0 Å². The summed E-state index contributed by atoms with van der Waals surface area (Å²) in [4.78, 5) is 1.57. The maximum absolute atomic E-state index is 14.4. The van der Waals surface area contributed by atoms with Crippen molar-refractivity contribution in [3.63, 3.8) is 0 Å². The van der Waals surface area contributed by atoms with Crippen molar-refractivity contribution in [2.45, 2.75) is 45.2 Å². The van der Waals surface area contributed by atoms with Gasteiger partial charge in [-0.05, 0) is 42.5 Å². The molecule has 0 radical (unpaired) electrons. The summed E-state index contributed by atoms with van der Waals surface area (Å²) < 4.78 is 55.3. The van der Waals surface area contributed by atoms with Crippen molar-refractivity contribution < 1.29 is 17.6 Å². The van der Waals surface area contributed by atoms with Gasteiger partial charge in [-0.15, -0.1) is 0 Å². The fraction of sp³-hybridized carbons (Fsp3) is 0.444. The summed E-state index contributed by atoms with van der Waals surface area (Å²) in [6.07, 6.45) is -0.747. The molecule has 0 saturated heterocycles. The van der Waals surface area contributed by atoms with Crippen LogP contribution in [-0.4, -0.2) is 26.6 Å². The van der Waals surface area contributed by atoms with E-state index in [9.17, 15) is 17.6 Å². The highest BCUT2D eigenvalue weighted by Crippen LogP contribution is 2.33. The van der Waals surface area contributed by atoms with Gasteiger partial charge in [0, 0.05) is 19.6 Å². The number of alkyl halides is 2. The Balaban J connectivity index is 1.97. The number of hydrogen-bond donors (Lipinski definition) is 1. The summed E-state index contributed by atoms with van der Waals surface area (Å²) in [6, 6.07) is 4.38. The lowest BCUT2D eigenvalue weighted by Gasteiger charge is -2.26. The molecule has 1 aromatic carbocycles. The Morgan fingerprint density at radius 2 is 2.00 bits per heavy atom. The number of hydrogen-bond acceptors (Lipinski definition) is 2. The fourth-order valence-electron chi connectivity index (χ4n) is 3.09. The topological polar surface area (TPSA) is 44.9 Å². The maximum Gasteiger partial charge on any atom is 0.283 e. The summed E-state index contributed by atoms with van der Waals surface area (Å²) in [7, 11) is 1.22. The first-order chi connectivity index (χ1) is 12.3. The highest BCUT2D eigenvalue weighted by Gasteiger charge is 2.36. The molecule has 0 atom stereocenters. The van der Waals surface area contributed by atoms with Gasteiger partial charge in [0.05, 0.1) is 0 Å². The Morgan fingerprint density at radius 1 is 1.31 bits per heavy atom. The minimum atomic E-state index is -2.98. The van der Waals surface area contributed by atoms with Crippen LogP contribution in [0.15, 0.2) is 18.2 Å². The second kappa shape index (κ2) is 7.09. The van der Waals surface area contributed by atoms with Crippen LogP contribution < -0.4 is 0 Å². The van der Waals surface area contributed by atoms with Gasteiger partial charge in [0.15, 0.2) is 0 Å². The van der Waals surface area contributed by atoms with Crippen LogP contribution in [-0.2, 0) is 20.0 Å². The summed E-state index contributed by atoms with van der Waals surface area (Å²) in [5.74, 6) is -1.70. The molecular weight excluding hydrogens is 348 g/mol.